The van der Waals surface area contributed by atoms with Gasteiger partial charge in [-0.1, -0.05) is 31.3 Å². The average molecular weight is 675 g/mol. The van der Waals surface area contributed by atoms with E-state index in [9.17, 15) is 22.4 Å². The van der Waals surface area contributed by atoms with E-state index in [1.54, 1.807) is 17.7 Å². The van der Waals surface area contributed by atoms with Gasteiger partial charge in [0.05, 0.1) is 11.6 Å². The number of hydrogen-bond donors (Lipinski definition) is 0. The molecular formula is C30H39F4IN4O. The van der Waals surface area contributed by atoms with Crippen molar-refractivity contribution in [2.45, 2.75) is 71.5 Å². The van der Waals surface area contributed by atoms with E-state index in [-0.39, 0.29) is 29.7 Å². The van der Waals surface area contributed by atoms with Gasteiger partial charge in [-0.05, 0) is 71.3 Å². The third kappa shape index (κ3) is 6.69. The lowest BCUT2D eigenvalue weighted by molar-refractivity contribution is -0.137. The molecule has 3 atom stereocenters. The third-order valence-electron chi connectivity index (χ3n) is 8.20. The summed E-state index contributed by atoms with van der Waals surface area (Å²) in [6, 6.07) is 1.96. The van der Waals surface area contributed by atoms with Gasteiger partial charge in [0.1, 0.15) is 12.0 Å². The summed E-state index contributed by atoms with van der Waals surface area (Å²) in [5, 5.41) is 4.52. The molecule has 2 aliphatic heterocycles. The quantitative estimate of drug-likeness (QED) is 0.183. The molecular weight excluding hydrogens is 635 g/mol. The molecule has 2 saturated heterocycles. The van der Waals surface area contributed by atoms with Crippen LogP contribution in [0.1, 0.15) is 64.3 Å². The molecule has 220 valence electrons. The standard InChI is InChI=1S/C30H39F4IN4O/c1-18-13-27(39(36-18)19(2)14-26(33)28(34)35-6)20-9-11-37(12-10-20)29(40)24-17-38(30(3,4)5)16-23(24)22-8-7-21(31)15-25(22)32/h8,13-15,20-21,23-24H,6-7,9-12,16-17H2,1-5H3/b19-14+,28-26+/t21?,23-,24+/m0/s1. The molecule has 4 rings (SSSR count). The molecule has 1 unspecified atom stereocenters. The number of nitrogens with zero attached hydrogens (tertiary/aromatic N) is 4. The van der Waals surface area contributed by atoms with Gasteiger partial charge in [0.2, 0.25) is 5.91 Å². The van der Waals surface area contributed by atoms with E-state index in [0.29, 0.717) is 50.3 Å². The van der Waals surface area contributed by atoms with E-state index in [0.717, 1.165) is 23.5 Å². The maximum absolute atomic E-state index is 14.9. The van der Waals surface area contributed by atoms with Gasteiger partial charge in [0.25, 0.3) is 0 Å². The van der Waals surface area contributed by atoms with Crippen LogP contribution < -0.4 is 0 Å². The summed E-state index contributed by atoms with van der Waals surface area (Å²) in [7, 11) is 0. The van der Waals surface area contributed by atoms with Crippen molar-refractivity contribution in [3.63, 3.8) is 0 Å². The smallest absolute Gasteiger partial charge is 0.227 e. The van der Waals surface area contributed by atoms with Gasteiger partial charge in [0, 0.05) is 61.4 Å². The molecule has 40 heavy (non-hydrogen) atoms. The first kappa shape index (κ1) is 30.9. The Balaban J connectivity index is 1.50. The van der Waals surface area contributed by atoms with Gasteiger partial charge >= 0.3 is 0 Å². The number of likely N-dealkylation sites (tertiary alicyclic amines) is 2. The molecule has 1 aromatic rings. The lowest BCUT2D eigenvalue weighted by atomic mass is 9.83. The second kappa shape index (κ2) is 12.4. The second-order valence-corrected chi connectivity index (χ2v) is 13.7. The predicted octanol–water partition coefficient (Wildman–Crippen LogP) is 7.14. The predicted molar refractivity (Wildman–Crippen MR) is 161 cm³/mol. The Hall–Kier alpha value is -2.08. The molecule has 10 heteroatoms. The van der Waals surface area contributed by atoms with Gasteiger partial charge in [-0.2, -0.15) is 9.49 Å². The minimum absolute atomic E-state index is 0.00574. The van der Waals surface area contributed by atoms with Crippen molar-refractivity contribution in [3.8, 4) is 0 Å². The molecule has 0 saturated carbocycles. The van der Waals surface area contributed by atoms with Crippen molar-refractivity contribution in [2.75, 3.05) is 26.2 Å². The molecule has 1 amide bonds. The van der Waals surface area contributed by atoms with Crippen molar-refractivity contribution in [3.05, 3.63) is 56.7 Å². The molecule has 3 heterocycles. The van der Waals surface area contributed by atoms with Crippen molar-refractivity contribution in [1.29, 1.82) is 0 Å². The van der Waals surface area contributed by atoms with E-state index in [4.69, 9.17) is 0 Å². The van der Waals surface area contributed by atoms with Crippen LogP contribution in [0, 0.1) is 18.8 Å². The van der Waals surface area contributed by atoms with Gasteiger partial charge < -0.3 is 4.90 Å². The number of aromatic nitrogens is 2. The molecule has 0 aromatic carbocycles. The number of alkyl halides is 1. The Bertz CT molecular complexity index is 1270. The fourth-order valence-electron chi connectivity index (χ4n) is 5.99. The van der Waals surface area contributed by atoms with Crippen molar-refractivity contribution in [2.24, 2.45) is 11.8 Å². The summed E-state index contributed by atoms with van der Waals surface area (Å²) in [5.74, 6) is -2.08. The maximum atomic E-state index is 14.9. The fourth-order valence-corrected chi connectivity index (χ4v) is 6.51. The molecule has 1 aromatic heterocycles. The van der Waals surface area contributed by atoms with Crippen LogP contribution in [0.15, 0.2) is 45.4 Å². The van der Waals surface area contributed by atoms with Gasteiger partial charge in [-0.3, -0.25) is 9.69 Å². The van der Waals surface area contributed by atoms with Crippen LogP contribution in [-0.2, 0) is 4.79 Å². The molecule has 3 aliphatic rings. The highest BCUT2D eigenvalue weighted by atomic mass is 127. The lowest BCUT2D eigenvalue weighted by Crippen LogP contribution is -2.45. The number of allylic oxidation sites excluding steroid dienone is 6. The molecule has 2 fully saturated rings. The first-order valence-electron chi connectivity index (χ1n) is 13.7. The van der Waals surface area contributed by atoms with Gasteiger partial charge in [-0.15, -0.1) is 0 Å². The van der Waals surface area contributed by atoms with Crippen molar-refractivity contribution in [1.82, 2.24) is 19.6 Å². The van der Waals surface area contributed by atoms with Crippen LogP contribution in [0.3, 0.4) is 0 Å². The summed E-state index contributed by atoms with van der Waals surface area (Å²) in [4.78, 5) is 18.0. The minimum Gasteiger partial charge on any atom is -0.342 e. The Kier molecular flexibility index (Phi) is 9.59. The summed E-state index contributed by atoms with van der Waals surface area (Å²) >= 11 is -1.22. The number of hydrogen-bond acceptors (Lipinski definition) is 3. The van der Waals surface area contributed by atoms with Crippen LogP contribution in [0.5, 0.6) is 0 Å². The molecule has 1 aliphatic carbocycles. The van der Waals surface area contributed by atoms with Crippen LogP contribution in [0.4, 0.5) is 17.6 Å². The third-order valence-corrected chi connectivity index (χ3v) is 9.39. The summed E-state index contributed by atoms with van der Waals surface area (Å²) in [6.07, 6.45) is 4.01. The lowest BCUT2D eigenvalue weighted by Gasteiger charge is -2.35. The Morgan fingerprint density at radius 3 is 2.48 bits per heavy atom. The van der Waals surface area contributed by atoms with E-state index in [1.807, 2.05) is 17.9 Å². The summed E-state index contributed by atoms with van der Waals surface area (Å²) < 4.78 is 60.9. The zero-order valence-corrected chi connectivity index (χ0v) is 26.0. The van der Waals surface area contributed by atoms with Crippen LogP contribution in [0.25, 0.3) is 5.70 Å². The normalized spacial score (nSPS) is 26.1. The summed E-state index contributed by atoms with van der Waals surface area (Å²) in [5.41, 5.74) is 2.43. The largest absolute Gasteiger partial charge is 0.342 e. The van der Waals surface area contributed by atoms with Crippen molar-refractivity contribution >= 4 is 36.8 Å². The highest BCUT2D eigenvalue weighted by molar-refractivity contribution is 14.2. The minimum atomic E-state index is -1.33. The topological polar surface area (TPSA) is 41.4 Å². The monoisotopic (exact) mass is 674 g/mol. The molecule has 0 radical (unpaired) electrons. The number of aryl methyl sites for hydroxylation is 1. The zero-order chi connectivity index (χ0) is 29.4. The zero-order valence-electron chi connectivity index (χ0n) is 23.9. The highest BCUT2D eigenvalue weighted by Gasteiger charge is 2.46. The number of piperidine rings is 1. The Morgan fingerprint density at radius 1 is 1.20 bits per heavy atom. The Morgan fingerprint density at radius 2 is 1.88 bits per heavy atom. The second-order valence-electron chi connectivity index (χ2n) is 12.0. The first-order valence-corrected chi connectivity index (χ1v) is 16.3. The molecule has 0 spiro atoms. The van der Waals surface area contributed by atoms with Crippen LogP contribution >= 0.6 is 20.7 Å². The number of carbonyl (C=O) groups excluding carboxylic acids is 1. The number of rotatable bonds is 6. The van der Waals surface area contributed by atoms with E-state index < -0.39 is 48.3 Å². The van der Waals surface area contributed by atoms with Gasteiger partial charge in [0.15, 0.2) is 9.66 Å². The number of amides is 1. The Labute approximate surface area is 244 Å². The number of carbonyl (C=O) groups is 1. The van der Waals surface area contributed by atoms with Crippen LogP contribution in [0.2, 0.25) is 0 Å². The van der Waals surface area contributed by atoms with E-state index in [2.05, 4.69) is 35.3 Å². The summed E-state index contributed by atoms with van der Waals surface area (Å²) in [6.45, 7) is 12.0. The van der Waals surface area contributed by atoms with E-state index >= 15 is 0 Å². The molecule has 0 bridgehead atoms. The molecule has 0 N–H and O–H groups in total. The first-order chi connectivity index (χ1) is 18.8. The SMILES string of the molecule is C=I/C(F)=C(F)\C=C(/C)n1nc(C)cc1C1CCN(C(=O)[C@@H]2CN(C(C)(C)C)C[C@H]2C2=CCC(F)C=C2F)CC1. The van der Waals surface area contributed by atoms with Crippen LogP contribution in [-0.4, -0.2) is 67.9 Å². The maximum Gasteiger partial charge on any atom is 0.227 e. The average Bonchev–Trinajstić information content (AvgIpc) is 3.52. The van der Waals surface area contributed by atoms with Crippen molar-refractivity contribution < 1.29 is 22.4 Å². The van der Waals surface area contributed by atoms with Gasteiger partial charge in [-0.25, -0.2) is 17.9 Å². The number of halogens is 5. The fraction of sp³-hybridized carbons (Fsp3) is 0.567. The van der Waals surface area contributed by atoms with E-state index in [1.165, 1.54) is 0 Å². The highest BCUT2D eigenvalue weighted by Crippen LogP contribution is 2.41. The molecule has 5 nitrogen and oxygen atoms in total.